The van der Waals surface area contributed by atoms with Gasteiger partial charge >= 0.3 is 0 Å². The van der Waals surface area contributed by atoms with Crippen LogP contribution in [0, 0.1) is 13.8 Å². The standard InChI is InChI=1S/C21H24BrN3O4/c1-13-5-6-14(2)17(9-13)24-20(26)7-8-21(27)25-23-12-15-10-16(22)19(29-4)11-18(15)28-3/h5-6,9-12H,7-8H2,1-4H3,(H,24,26)(H,25,27). The van der Waals surface area contributed by atoms with Crippen molar-refractivity contribution in [1.82, 2.24) is 5.43 Å². The summed E-state index contributed by atoms with van der Waals surface area (Å²) in [5.74, 6) is 0.594. The number of anilines is 1. The highest BCUT2D eigenvalue weighted by atomic mass is 79.9. The molecule has 0 radical (unpaired) electrons. The van der Waals surface area contributed by atoms with Crippen LogP contribution >= 0.6 is 15.9 Å². The normalized spacial score (nSPS) is 10.7. The number of hydrogen-bond acceptors (Lipinski definition) is 5. The molecule has 0 saturated heterocycles. The number of aryl methyl sites for hydroxylation is 2. The van der Waals surface area contributed by atoms with Gasteiger partial charge in [0.15, 0.2) is 0 Å². The quantitative estimate of drug-likeness (QED) is 0.459. The Morgan fingerprint density at radius 2 is 1.72 bits per heavy atom. The number of hydrogen-bond donors (Lipinski definition) is 2. The summed E-state index contributed by atoms with van der Waals surface area (Å²) in [6.45, 7) is 3.87. The van der Waals surface area contributed by atoms with E-state index in [1.54, 1.807) is 19.2 Å². The van der Waals surface area contributed by atoms with Gasteiger partial charge in [0.2, 0.25) is 11.8 Å². The molecule has 0 bridgehead atoms. The predicted molar refractivity (Wildman–Crippen MR) is 117 cm³/mol. The Hall–Kier alpha value is -2.87. The van der Waals surface area contributed by atoms with E-state index in [0.29, 0.717) is 17.1 Å². The van der Waals surface area contributed by atoms with Gasteiger partial charge in [0.1, 0.15) is 11.5 Å². The van der Waals surface area contributed by atoms with Crippen LogP contribution in [0.4, 0.5) is 5.69 Å². The monoisotopic (exact) mass is 461 g/mol. The average molecular weight is 462 g/mol. The average Bonchev–Trinajstić information content (AvgIpc) is 2.69. The van der Waals surface area contributed by atoms with E-state index in [2.05, 4.69) is 31.8 Å². The van der Waals surface area contributed by atoms with Gasteiger partial charge in [-0.1, -0.05) is 12.1 Å². The predicted octanol–water partition coefficient (Wildman–Crippen LogP) is 3.95. The summed E-state index contributed by atoms with van der Waals surface area (Å²) in [5.41, 5.74) is 5.86. The number of carbonyl (C=O) groups excluding carboxylic acids is 2. The molecule has 154 valence electrons. The number of rotatable bonds is 8. The van der Waals surface area contributed by atoms with Gasteiger partial charge < -0.3 is 14.8 Å². The van der Waals surface area contributed by atoms with E-state index in [0.717, 1.165) is 21.3 Å². The highest BCUT2D eigenvalue weighted by Gasteiger charge is 2.10. The van der Waals surface area contributed by atoms with Crippen LogP contribution < -0.4 is 20.2 Å². The fraction of sp³-hybridized carbons (Fsp3) is 0.286. The Bertz CT molecular complexity index is 928. The molecule has 0 aliphatic heterocycles. The first-order chi connectivity index (χ1) is 13.8. The van der Waals surface area contributed by atoms with Gasteiger partial charge in [0.05, 0.1) is 24.9 Å². The molecule has 0 fully saturated rings. The zero-order valence-electron chi connectivity index (χ0n) is 16.8. The van der Waals surface area contributed by atoms with Crippen molar-refractivity contribution in [3.05, 3.63) is 51.5 Å². The van der Waals surface area contributed by atoms with Gasteiger partial charge in [-0.2, -0.15) is 5.10 Å². The minimum absolute atomic E-state index is 0.0253. The molecule has 0 aromatic heterocycles. The van der Waals surface area contributed by atoms with Crippen LogP contribution in [-0.4, -0.2) is 32.2 Å². The Morgan fingerprint density at radius 3 is 2.41 bits per heavy atom. The molecular weight excluding hydrogens is 438 g/mol. The highest BCUT2D eigenvalue weighted by Crippen LogP contribution is 2.31. The summed E-state index contributed by atoms with van der Waals surface area (Å²) in [6.07, 6.45) is 1.56. The topological polar surface area (TPSA) is 89.0 Å². The van der Waals surface area contributed by atoms with Gasteiger partial charge in [-0.05, 0) is 53.0 Å². The second kappa shape index (κ2) is 10.6. The van der Waals surface area contributed by atoms with Crippen LogP contribution in [0.25, 0.3) is 0 Å². The van der Waals surface area contributed by atoms with Gasteiger partial charge in [-0.15, -0.1) is 0 Å². The minimum Gasteiger partial charge on any atom is -0.496 e. The van der Waals surface area contributed by atoms with Crippen molar-refractivity contribution in [3.63, 3.8) is 0 Å². The Morgan fingerprint density at radius 1 is 1.03 bits per heavy atom. The van der Waals surface area contributed by atoms with Crippen molar-refractivity contribution in [2.75, 3.05) is 19.5 Å². The largest absolute Gasteiger partial charge is 0.496 e. The SMILES string of the molecule is COc1cc(OC)c(C=NNC(=O)CCC(=O)Nc2cc(C)ccc2C)cc1Br. The summed E-state index contributed by atoms with van der Waals surface area (Å²) in [6, 6.07) is 9.30. The van der Waals surface area contributed by atoms with Gasteiger partial charge in [0, 0.05) is 30.2 Å². The molecule has 2 amide bonds. The fourth-order valence-corrected chi connectivity index (χ4v) is 3.05. The Balaban J connectivity index is 1.87. The zero-order chi connectivity index (χ0) is 21.4. The second-order valence-electron chi connectivity index (χ2n) is 6.39. The maximum atomic E-state index is 12.1. The van der Waals surface area contributed by atoms with Crippen molar-refractivity contribution < 1.29 is 19.1 Å². The van der Waals surface area contributed by atoms with Crippen molar-refractivity contribution in [2.24, 2.45) is 5.10 Å². The first-order valence-corrected chi connectivity index (χ1v) is 9.74. The van der Waals surface area contributed by atoms with Crippen LogP contribution in [0.15, 0.2) is 39.9 Å². The van der Waals surface area contributed by atoms with Crippen LogP contribution in [0.1, 0.15) is 29.5 Å². The van der Waals surface area contributed by atoms with Crippen LogP contribution in [0.5, 0.6) is 11.5 Å². The second-order valence-corrected chi connectivity index (χ2v) is 7.24. The molecule has 0 atom stereocenters. The van der Waals surface area contributed by atoms with E-state index < -0.39 is 0 Å². The van der Waals surface area contributed by atoms with Crippen LogP contribution in [0.3, 0.4) is 0 Å². The third-order valence-corrected chi connectivity index (χ3v) is 4.76. The van der Waals surface area contributed by atoms with Crippen molar-refractivity contribution in [1.29, 1.82) is 0 Å². The minimum atomic E-state index is -0.357. The lowest BCUT2D eigenvalue weighted by Gasteiger charge is -2.09. The lowest BCUT2D eigenvalue weighted by molar-refractivity contribution is -0.124. The zero-order valence-corrected chi connectivity index (χ0v) is 18.4. The molecule has 0 aliphatic rings. The molecule has 2 N–H and O–H groups in total. The summed E-state index contributed by atoms with van der Waals surface area (Å²) in [4.78, 5) is 24.1. The molecule has 0 spiro atoms. The lowest BCUT2D eigenvalue weighted by Crippen LogP contribution is -2.21. The molecule has 0 heterocycles. The third-order valence-electron chi connectivity index (χ3n) is 4.14. The molecule has 2 aromatic rings. The van der Waals surface area contributed by atoms with Gasteiger partial charge in [-0.25, -0.2) is 5.43 Å². The number of carbonyl (C=O) groups is 2. The van der Waals surface area contributed by atoms with Crippen molar-refractivity contribution >= 4 is 39.6 Å². The summed E-state index contributed by atoms with van der Waals surface area (Å²) >= 11 is 3.39. The molecule has 2 aromatic carbocycles. The molecule has 29 heavy (non-hydrogen) atoms. The highest BCUT2D eigenvalue weighted by molar-refractivity contribution is 9.10. The summed E-state index contributed by atoms with van der Waals surface area (Å²) in [7, 11) is 3.09. The number of methoxy groups -OCH3 is 2. The summed E-state index contributed by atoms with van der Waals surface area (Å²) in [5, 5.41) is 6.77. The van der Waals surface area contributed by atoms with E-state index in [-0.39, 0.29) is 24.7 Å². The number of nitrogens with one attached hydrogen (secondary N) is 2. The third kappa shape index (κ3) is 6.60. The maximum Gasteiger partial charge on any atom is 0.240 e. The smallest absolute Gasteiger partial charge is 0.240 e. The number of amides is 2. The van der Waals surface area contributed by atoms with E-state index in [4.69, 9.17) is 9.47 Å². The Labute approximate surface area is 178 Å². The van der Waals surface area contributed by atoms with Gasteiger partial charge in [0.25, 0.3) is 0 Å². The van der Waals surface area contributed by atoms with E-state index in [9.17, 15) is 9.59 Å². The van der Waals surface area contributed by atoms with Crippen LogP contribution in [-0.2, 0) is 9.59 Å². The molecule has 7 nitrogen and oxygen atoms in total. The molecule has 8 heteroatoms. The van der Waals surface area contributed by atoms with Gasteiger partial charge in [-0.3, -0.25) is 9.59 Å². The van der Waals surface area contributed by atoms with E-state index >= 15 is 0 Å². The number of nitrogens with zero attached hydrogens (tertiary/aromatic N) is 1. The number of benzene rings is 2. The van der Waals surface area contributed by atoms with E-state index in [1.165, 1.54) is 13.3 Å². The first kappa shape index (κ1) is 22.4. The lowest BCUT2D eigenvalue weighted by atomic mass is 10.1. The number of ether oxygens (including phenoxy) is 2. The van der Waals surface area contributed by atoms with E-state index in [1.807, 2.05) is 32.0 Å². The number of hydrazone groups is 1. The Kier molecular flexibility index (Phi) is 8.21. The van der Waals surface area contributed by atoms with Crippen molar-refractivity contribution in [2.45, 2.75) is 26.7 Å². The molecule has 2 rings (SSSR count). The molecule has 0 saturated carbocycles. The molecule has 0 unspecified atom stereocenters. The van der Waals surface area contributed by atoms with Crippen molar-refractivity contribution in [3.8, 4) is 11.5 Å². The fourth-order valence-electron chi connectivity index (χ4n) is 2.52. The van der Waals surface area contributed by atoms with Crippen LogP contribution in [0.2, 0.25) is 0 Å². The number of halogens is 1. The first-order valence-electron chi connectivity index (χ1n) is 8.94. The molecular formula is C21H24BrN3O4. The molecule has 0 aliphatic carbocycles. The maximum absolute atomic E-state index is 12.1. The summed E-state index contributed by atoms with van der Waals surface area (Å²) < 4.78 is 11.2.